The van der Waals surface area contributed by atoms with Gasteiger partial charge in [0.15, 0.2) is 11.5 Å². The molecule has 1 aromatic rings. The van der Waals surface area contributed by atoms with Crippen molar-refractivity contribution in [1.82, 2.24) is 0 Å². The number of para-hydroxylation sites is 2. The van der Waals surface area contributed by atoms with E-state index in [2.05, 4.69) is 22.9 Å². The van der Waals surface area contributed by atoms with Gasteiger partial charge in [-0.3, -0.25) is 0 Å². The zero-order valence-corrected chi connectivity index (χ0v) is 14.1. The second-order valence-corrected chi connectivity index (χ2v) is 6.83. The number of methoxy groups -OCH3 is 1. The fourth-order valence-corrected chi connectivity index (χ4v) is 3.80. The van der Waals surface area contributed by atoms with Gasteiger partial charge in [0, 0.05) is 4.83 Å². The van der Waals surface area contributed by atoms with Gasteiger partial charge in [-0.2, -0.15) is 0 Å². The third kappa shape index (κ3) is 4.15. The highest BCUT2D eigenvalue weighted by atomic mass is 79.9. The van der Waals surface area contributed by atoms with Crippen LogP contribution in [0.15, 0.2) is 24.3 Å². The molecule has 0 amide bonds. The van der Waals surface area contributed by atoms with Crippen LogP contribution in [0.1, 0.15) is 39.0 Å². The average molecular weight is 341 g/mol. The van der Waals surface area contributed by atoms with Crippen molar-refractivity contribution in [1.29, 1.82) is 0 Å². The molecule has 0 saturated heterocycles. The van der Waals surface area contributed by atoms with Crippen LogP contribution in [0.5, 0.6) is 11.5 Å². The van der Waals surface area contributed by atoms with E-state index in [1.807, 2.05) is 24.3 Å². The summed E-state index contributed by atoms with van der Waals surface area (Å²) < 4.78 is 11.2. The Morgan fingerprint density at radius 1 is 1.20 bits per heavy atom. The molecule has 1 aliphatic rings. The molecule has 3 atom stereocenters. The SMILES string of the molecule is CCC1CCC(Br)C(CCOc2ccccc2OC)C1. The van der Waals surface area contributed by atoms with Crippen molar-refractivity contribution in [2.45, 2.75) is 43.9 Å². The molecule has 0 spiro atoms. The van der Waals surface area contributed by atoms with Gasteiger partial charge in [0.25, 0.3) is 0 Å². The minimum Gasteiger partial charge on any atom is -0.493 e. The van der Waals surface area contributed by atoms with Crippen molar-refractivity contribution < 1.29 is 9.47 Å². The van der Waals surface area contributed by atoms with Gasteiger partial charge in [0.05, 0.1) is 13.7 Å². The molecule has 2 nitrogen and oxygen atoms in total. The topological polar surface area (TPSA) is 18.5 Å². The number of benzene rings is 1. The monoisotopic (exact) mass is 340 g/mol. The van der Waals surface area contributed by atoms with Crippen LogP contribution < -0.4 is 9.47 Å². The Morgan fingerprint density at radius 2 is 1.95 bits per heavy atom. The molecule has 0 heterocycles. The number of hydrogen-bond donors (Lipinski definition) is 0. The van der Waals surface area contributed by atoms with Crippen molar-refractivity contribution in [3.05, 3.63) is 24.3 Å². The molecule has 20 heavy (non-hydrogen) atoms. The molecule has 0 radical (unpaired) electrons. The highest BCUT2D eigenvalue weighted by Gasteiger charge is 2.27. The average Bonchev–Trinajstić information content (AvgIpc) is 2.49. The Labute approximate surface area is 131 Å². The summed E-state index contributed by atoms with van der Waals surface area (Å²) in [6, 6.07) is 7.86. The summed E-state index contributed by atoms with van der Waals surface area (Å²) in [5.41, 5.74) is 0. The molecule has 0 N–H and O–H groups in total. The predicted octanol–water partition coefficient (Wildman–Crippen LogP) is 5.05. The lowest BCUT2D eigenvalue weighted by molar-refractivity contribution is 0.211. The summed E-state index contributed by atoms with van der Waals surface area (Å²) in [5.74, 6) is 3.31. The number of alkyl halides is 1. The minimum atomic E-state index is 0.659. The van der Waals surface area contributed by atoms with E-state index in [0.717, 1.165) is 36.4 Å². The molecular weight excluding hydrogens is 316 g/mol. The smallest absolute Gasteiger partial charge is 0.161 e. The summed E-state index contributed by atoms with van der Waals surface area (Å²) in [6.07, 6.45) is 6.43. The van der Waals surface area contributed by atoms with Crippen LogP contribution >= 0.6 is 15.9 Å². The normalized spacial score (nSPS) is 26.2. The molecule has 2 rings (SSSR count). The molecule has 0 aromatic heterocycles. The van der Waals surface area contributed by atoms with Crippen molar-refractivity contribution in [3.8, 4) is 11.5 Å². The molecule has 1 aromatic carbocycles. The van der Waals surface area contributed by atoms with Crippen LogP contribution in [0.2, 0.25) is 0 Å². The van der Waals surface area contributed by atoms with Gasteiger partial charge < -0.3 is 9.47 Å². The molecule has 3 heteroatoms. The largest absolute Gasteiger partial charge is 0.493 e. The summed E-state index contributed by atoms with van der Waals surface area (Å²) in [5, 5.41) is 0. The molecule has 1 aliphatic carbocycles. The molecule has 1 fully saturated rings. The van der Waals surface area contributed by atoms with Crippen molar-refractivity contribution in [3.63, 3.8) is 0 Å². The second kappa shape index (κ2) is 7.92. The fourth-order valence-electron chi connectivity index (χ4n) is 3.05. The van der Waals surface area contributed by atoms with Crippen LogP contribution in [0.4, 0.5) is 0 Å². The van der Waals surface area contributed by atoms with Crippen LogP contribution in [0.25, 0.3) is 0 Å². The second-order valence-electron chi connectivity index (χ2n) is 5.65. The van der Waals surface area contributed by atoms with Gasteiger partial charge >= 0.3 is 0 Å². The summed E-state index contributed by atoms with van der Waals surface area (Å²) >= 11 is 3.85. The van der Waals surface area contributed by atoms with E-state index < -0.39 is 0 Å². The maximum atomic E-state index is 5.90. The summed E-state index contributed by atoms with van der Waals surface area (Å²) in [7, 11) is 1.68. The number of ether oxygens (including phenoxy) is 2. The molecule has 3 unspecified atom stereocenters. The maximum Gasteiger partial charge on any atom is 0.161 e. The van der Waals surface area contributed by atoms with E-state index in [1.165, 1.54) is 25.7 Å². The molecule has 0 bridgehead atoms. The van der Waals surface area contributed by atoms with E-state index in [1.54, 1.807) is 7.11 Å². The minimum absolute atomic E-state index is 0.659. The van der Waals surface area contributed by atoms with E-state index in [0.29, 0.717) is 4.83 Å². The molecule has 0 aliphatic heterocycles. The van der Waals surface area contributed by atoms with Crippen LogP contribution in [-0.2, 0) is 0 Å². The zero-order chi connectivity index (χ0) is 14.4. The predicted molar refractivity (Wildman–Crippen MR) is 86.9 cm³/mol. The molecule has 1 saturated carbocycles. The van der Waals surface area contributed by atoms with Gasteiger partial charge in [-0.1, -0.05) is 41.4 Å². The lowest BCUT2D eigenvalue weighted by Crippen LogP contribution is -2.26. The standard InChI is InChI=1S/C17H25BrO2/c1-3-13-8-9-15(18)14(12-13)10-11-20-17-7-5-4-6-16(17)19-2/h4-7,13-15H,3,8-12H2,1-2H3. The summed E-state index contributed by atoms with van der Waals surface area (Å²) in [4.78, 5) is 0.659. The van der Waals surface area contributed by atoms with Gasteiger partial charge in [-0.05, 0) is 49.7 Å². The Hall–Kier alpha value is -0.700. The van der Waals surface area contributed by atoms with Crippen molar-refractivity contribution in [2.75, 3.05) is 13.7 Å². The lowest BCUT2D eigenvalue weighted by atomic mass is 9.79. The summed E-state index contributed by atoms with van der Waals surface area (Å²) in [6.45, 7) is 3.07. The first-order valence-electron chi connectivity index (χ1n) is 7.64. The van der Waals surface area contributed by atoms with E-state index in [4.69, 9.17) is 9.47 Å². The first-order valence-corrected chi connectivity index (χ1v) is 8.56. The lowest BCUT2D eigenvalue weighted by Gasteiger charge is -2.32. The third-order valence-electron chi connectivity index (χ3n) is 4.39. The fraction of sp³-hybridized carbons (Fsp3) is 0.647. The Balaban J connectivity index is 1.82. The van der Waals surface area contributed by atoms with Gasteiger partial charge in [-0.25, -0.2) is 0 Å². The Bertz CT molecular complexity index is 408. The number of halogens is 1. The van der Waals surface area contributed by atoms with Gasteiger partial charge in [0.1, 0.15) is 0 Å². The van der Waals surface area contributed by atoms with E-state index in [9.17, 15) is 0 Å². The van der Waals surface area contributed by atoms with Crippen molar-refractivity contribution >= 4 is 15.9 Å². The zero-order valence-electron chi connectivity index (χ0n) is 12.5. The van der Waals surface area contributed by atoms with E-state index >= 15 is 0 Å². The first kappa shape index (κ1) is 15.7. The highest BCUT2D eigenvalue weighted by Crippen LogP contribution is 2.37. The maximum absolute atomic E-state index is 5.90. The number of rotatable bonds is 6. The van der Waals surface area contributed by atoms with Crippen LogP contribution in [-0.4, -0.2) is 18.5 Å². The van der Waals surface area contributed by atoms with E-state index in [-0.39, 0.29) is 0 Å². The van der Waals surface area contributed by atoms with Crippen molar-refractivity contribution in [2.24, 2.45) is 11.8 Å². The van der Waals surface area contributed by atoms with Gasteiger partial charge in [-0.15, -0.1) is 0 Å². The third-order valence-corrected chi connectivity index (χ3v) is 5.60. The quantitative estimate of drug-likeness (QED) is 0.674. The Morgan fingerprint density at radius 3 is 2.65 bits per heavy atom. The van der Waals surface area contributed by atoms with Crippen LogP contribution in [0, 0.1) is 11.8 Å². The highest BCUT2D eigenvalue weighted by molar-refractivity contribution is 9.09. The van der Waals surface area contributed by atoms with Crippen LogP contribution in [0.3, 0.4) is 0 Å². The Kier molecular flexibility index (Phi) is 6.21. The molecule has 112 valence electrons. The first-order chi connectivity index (χ1) is 9.74. The number of hydrogen-bond acceptors (Lipinski definition) is 2. The van der Waals surface area contributed by atoms with Gasteiger partial charge in [0.2, 0.25) is 0 Å². The molecular formula is C17H25BrO2.